The molecule has 1 fully saturated rings. The Morgan fingerprint density at radius 3 is 2.59 bits per heavy atom. The highest BCUT2D eigenvalue weighted by Crippen LogP contribution is 2.39. The number of benzene rings is 2. The van der Waals surface area contributed by atoms with Gasteiger partial charge in [-0.2, -0.15) is 0 Å². The maximum atomic E-state index is 13.2. The number of carbonyl (C=O) groups excluding carboxylic acids is 1. The number of unbranched alkanes of at least 4 members (excludes halogenated alkanes) is 2. The Bertz CT molecular complexity index is 1190. The first-order valence-electron chi connectivity index (χ1n) is 14.1. The number of allylic oxidation sites excluding steroid dienone is 1. The minimum Gasteiger partial charge on any atom is -0.493 e. The van der Waals surface area contributed by atoms with Crippen LogP contribution in [-0.2, 0) is 27.0 Å². The van der Waals surface area contributed by atoms with Crippen LogP contribution in [0.15, 0.2) is 54.6 Å². The SMILES string of the molecule is CCCC/C=C/CN(C(=O)C[C@](O)(C(=O)O)c1ccc(OC[C@@]2(C)CCCc3cc(Cl)ccc32)cc1)C1CC1. The summed E-state index contributed by atoms with van der Waals surface area (Å²) in [6, 6.07) is 12.6. The summed E-state index contributed by atoms with van der Waals surface area (Å²) in [5.74, 6) is -1.22. The van der Waals surface area contributed by atoms with Gasteiger partial charge in [0.25, 0.3) is 0 Å². The molecule has 1 amide bonds. The average Bonchev–Trinajstić information content (AvgIpc) is 3.75. The molecular weight excluding hydrogens is 514 g/mol. The third kappa shape index (κ3) is 7.03. The fourth-order valence-electron chi connectivity index (χ4n) is 5.47. The first-order valence-corrected chi connectivity index (χ1v) is 14.5. The summed E-state index contributed by atoms with van der Waals surface area (Å²) < 4.78 is 6.15. The van der Waals surface area contributed by atoms with Crippen LogP contribution in [0.25, 0.3) is 0 Å². The molecular formula is C32H40ClNO5. The summed E-state index contributed by atoms with van der Waals surface area (Å²) >= 11 is 6.20. The monoisotopic (exact) mass is 553 g/mol. The zero-order valence-corrected chi connectivity index (χ0v) is 23.8. The number of hydrogen-bond acceptors (Lipinski definition) is 4. The Kier molecular flexibility index (Phi) is 9.39. The minimum absolute atomic E-state index is 0.115. The van der Waals surface area contributed by atoms with Crippen molar-refractivity contribution >= 4 is 23.5 Å². The molecule has 0 heterocycles. The van der Waals surface area contributed by atoms with Crippen LogP contribution < -0.4 is 4.74 Å². The molecule has 2 N–H and O–H groups in total. The molecule has 2 aromatic carbocycles. The molecule has 0 aromatic heterocycles. The van der Waals surface area contributed by atoms with E-state index in [4.69, 9.17) is 16.3 Å². The molecule has 7 heteroatoms. The number of aliphatic hydroxyl groups is 1. The van der Waals surface area contributed by atoms with Gasteiger partial charge in [0.05, 0.1) is 13.0 Å². The quantitative estimate of drug-likeness (QED) is 0.221. The van der Waals surface area contributed by atoms with Gasteiger partial charge in [0.2, 0.25) is 5.91 Å². The van der Waals surface area contributed by atoms with E-state index >= 15 is 0 Å². The van der Waals surface area contributed by atoms with E-state index in [0.717, 1.165) is 56.4 Å². The summed E-state index contributed by atoms with van der Waals surface area (Å²) in [6.07, 6.45) is 11.5. The Balaban J connectivity index is 1.43. The number of carboxylic acid groups (broad SMARTS) is 1. The van der Waals surface area contributed by atoms with Crippen molar-refractivity contribution in [2.75, 3.05) is 13.2 Å². The highest BCUT2D eigenvalue weighted by atomic mass is 35.5. The van der Waals surface area contributed by atoms with Crippen molar-refractivity contribution in [3.05, 3.63) is 76.3 Å². The number of rotatable bonds is 13. The van der Waals surface area contributed by atoms with Gasteiger partial charge in [0.15, 0.2) is 5.60 Å². The van der Waals surface area contributed by atoms with Gasteiger partial charge in [-0.05, 0) is 79.5 Å². The molecule has 0 bridgehead atoms. The van der Waals surface area contributed by atoms with Crippen molar-refractivity contribution in [1.29, 1.82) is 0 Å². The number of hydrogen-bond donors (Lipinski definition) is 2. The van der Waals surface area contributed by atoms with Crippen LogP contribution in [0.2, 0.25) is 5.02 Å². The van der Waals surface area contributed by atoms with E-state index in [9.17, 15) is 19.8 Å². The van der Waals surface area contributed by atoms with Gasteiger partial charge >= 0.3 is 5.97 Å². The molecule has 2 atom stereocenters. The highest BCUT2D eigenvalue weighted by molar-refractivity contribution is 6.30. The van der Waals surface area contributed by atoms with Crippen LogP contribution in [0.4, 0.5) is 0 Å². The zero-order valence-electron chi connectivity index (χ0n) is 23.0. The van der Waals surface area contributed by atoms with Crippen molar-refractivity contribution in [2.24, 2.45) is 0 Å². The smallest absolute Gasteiger partial charge is 0.340 e. The molecule has 0 spiro atoms. The van der Waals surface area contributed by atoms with E-state index in [-0.39, 0.29) is 22.9 Å². The van der Waals surface area contributed by atoms with Crippen LogP contribution in [0.5, 0.6) is 5.75 Å². The van der Waals surface area contributed by atoms with Gasteiger partial charge in [-0.15, -0.1) is 0 Å². The van der Waals surface area contributed by atoms with Crippen molar-refractivity contribution in [3.63, 3.8) is 0 Å². The maximum Gasteiger partial charge on any atom is 0.340 e. The number of aryl methyl sites for hydroxylation is 1. The molecule has 0 unspecified atom stereocenters. The van der Waals surface area contributed by atoms with Crippen LogP contribution >= 0.6 is 11.6 Å². The molecule has 0 aliphatic heterocycles. The number of aliphatic carboxylic acids is 1. The molecule has 1 saturated carbocycles. The summed E-state index contributed by atoms with van der Waals surface area (Å²) in [5, 5.41) is 21.9. The molecule has 39 heavy (non-hydrogen) atoms. The lowest BCUT2D eigenvalue weighted by atomic mass is 9.72. The lowest BCUT2D eigenvalue weighted by Crippen LogP contribution is -2.43. The van der Waals surface area contributed by atoms with E-state index in [1.54, 1.807) is 29.2 Å². The average molecular weight is 554 g/mol. The third-order valence-corrected chi connectivity index (χ3v) is 8.28. The zero-order chi connectivity index (χ0) is 28.0. The maximum absolute atomic E-state index is 13.2. The molecule has 4 rings (SSSR count). The number of carbonyl (C=O) groups is 2. The first kappa shape index (κ1) is 29.2. The van der Waals surface area contributed by atoms with Gasteiger partial charge < -0.3 is 19.8 Å². The van der Waals surface area contributed by atoms with Crippen molar-refractivity contribution < 1.29 is 24.5 Å². The molecule has 0 saturated heterocycles. The van der Waals surface area contributed by atoms with E-state index in [2.05, 4.69) is 26.0 Å². The Labute approximate surface area is 236 Å². The van der Waals surface area contributed by atoms with Gasteiger partial charge in [-0.1, -0.05) is 68.6 Å². The van der Waals surface area contributed by atoms with Gasteiger partial charge in [-0.25, -0.2) is 4.79 Å². The van der Waals surface area contributed by atoms with E-state index in [0.29, 0.717) is 18.9 Å². The van der Waals surface area contributed by atoms with Crippen LogP contribution in [0.1, 0.15) is 81.9 Å². The molecule has 6 nitrogen and oxygen atoms in total. The summed E-state index contributed by atoms with van der Waals surface area (Å²) in [5.41, 5.74) is 0.177. The number of fused-ring (bicyclic) bond motifs is 1. The molecule has 2 aliphatic carbocycles. The number of halogens is 1. The first-order chi connectivity index (χ1) is 18.7. The number of amides is 1. The number of nitrogens with zero attached hydrogens (tertiary/aromatic N) is 1. The largest absolute Gasteiger partial charge is 0.493 e. The topological polar surface area (TPSA) is 87.1 Å². The Hall–Kier alpha value is -2.83. The van der Waals surface area contributed by atoms with Crippen LogP contribution in [0, 0.1) is 0 Å². The third-order valence-electron chi connectivity index (χ3n) is 8.04. The van der Waals surface area contributed by atoms with Crippen molar-refractivity contribution in [3.8, 4) is 5.75 Å². The highest BCUT2D eigenvalue weighted by Gasteiger charge is 2.43. The van der Waals surface area contributed by atoms with Gasteiger partial charge in [0.1, 0.15) is 5.75 Å². The molecule has 210 valence electrons. The fourth-order valence-corrected chi connectivity index (χ4v) is 5.67. The number of carboxylic acids is 1. The van der Waals surface area contributed by atoms with E-state index in [1.165, 1.54) is 11.1 Å². The summed E-state index contributed by atoms with van der Waals surface area (Å²) in [4.78, 5) is 27.1. The standard InChI is InChI=1S/C32H40ClNO5/c1-3-4-5-6-7-19-34(26-13-14-26)29(35)21-32(38,30(36)37)24-10-15-27(16-11-24)39-22-31(2)18-8-9-23-20-25(33)12-17-28(23)31/h6-7,10-12,15-17,20,26,38H,3-5,8-9,13-14,18-19,21-22H2,1-2H3,(H,36,37)/b7-6+/t31-,32-/m1/s1. The van der Waals surface area contributed by atoms with Crippen LogP contribution in [-0.4, -0.2) is 46.2 Å². The predicted octanol–water partition coefficient (Wildman–Crippen LogP) is 6.41. The van der Waals surface area contributed by atoms with Gasteiger partial charge in [-0.3, -0.25) is 4.79 Å². The predicted molar refractivity (Wildman–Crippen MR) is 153 cm³/mol. The lowest BCUT2D eigenvalue weighted by Gasteiger charge is -2.36. The Morgan fingerprint density at radius 1 is 1.18 bits per heavy atom. The lowest BCUT2D eigenvalue weighted by molar-refractivity contribution is -0.165. The van der Waals surface area contributed by atoms with Crippen LogP contribution in [0.3, 0.4) is 0 Å². The molecule has 2 aliphatic rings. The summed E-state index contributed by atoms with van der Waals surface area (Å²) in [7, 11) is 0. The van der Waals surface area contributed by atoms with Crippen molar-refractivity contribution in [1.82, 2.24) is 4.90 Å². The fraction of sp³-hybridized carbons (Fsp3) is 0.500. The Morgan fingerprint density at radius 2 is 1.92 bits per heavy atom. The normalized spacial score (nSPS) is 20.3. The minimum atomic E-state index is -2.32. The van der Waals surface area contributed by atoms with E-state index in [1.807, 2.05) is 18.2 Å². The molecule has 0 radical (unpaired) electrons. The van der Waals surface area contributed by atoms with E-state index < -0.39 is 18.0 Å². The summed E-state index contributed by atoms with van der Waals surface area (Å²) in [6.45, 7) is 5.22. The van der Waals surface area contributed by atoms with Crippen molar-refractivity contribution in [2.45, 2.75) is 88.7 Å². The number of ether oxygens (including phenoxy) is 1. The second-order valence-corrected chi connectivity index (χ2v) is 11.7. The second-order valence-electron chi connectivity index (χ2n) is 11.3. The van der Waals surface area contributed by atoms with Gasteiger partial charge in [0, 0.05) is 23.0 Å². The second kappa shape index (κ2) is 12.6. The molecule has 2 aromatic rings.